The SMILES string of the molecule is Cn1cc(C(=O)NC(C)(CO)c2ccccc2)cn1. The van der Waals surface area contributed by atoms with Gasteiger partial charge in [-0.15, -0.1) is 0 Å². The highest BCUT2D eigenvalue weighted by molar-refractivity contribution is 5.94. The Morgan fingerprint density at radius 1 is 1.42 bits per heavy atom. The van der Waals surface area contributed by atoms with Gasteiger partial charge in [0.05, 0.1) is 23.9 Å². The molecule has 19 heavy (non-hydrogen) atoms. The van der Waals surface area contributed by atoms with Gasteiger partial charge in [-0.05, 0) is 12.5 Å². The van der Waals surface area contributed by atoms with Crippen molar-refractivity contribution in [1.82, 2.24) is 15.1 Å². The summed E-state index contributed by atoms with van der Waals surface area (Å²) in [6, 6.07) is 9.39. The van der Waals surface area contributed by atoms with E-state index in [2.05, 4.69) is 10.4 Å². The minimum atomic E-state index is -0.811. The number of carbonyl (C=O) groups is 1. The normalized spacial score (nSPS) is 13.8. The van der Waals surface area contributed by atoms with Gasteiger partial charge < -0.3 is 10.4 Å². The van der Waals surface area contributed by atoms with Gasteiger partial charge in [0, 0.05) is 13.2 Å². The highest BCUT2D eigenvalue weighted by Gasteiger charge is 2.28. The van der Waals surface area contributed by atoms with E-state index >= 15 is 0 Å². The van der Waals surface area contributed by atoms with Gasteiger partial charge in [0.25, 0.3) is 5.91 Å². The molecular formula is C14H17N3O2. The number of aliphatic hydroxyl groups excluding tert-OH is 1. The van der Waals surface area contributed by atoms with E-state index in [-0.39, 0.29) is 12.5 Å². The molecule has 0 saturated carbocycles. The maximum absolute atomic E-state index is 12.1. The fourth-order valence-corrected chi connectivity index (χ4v) is 1.87. The Morgan fingerprint density at radius 3 is 2.63 bits per heavy atom. The molecule has 0 saturated heterocycles. The number of nitrogens with zero attached hydrogens (tertiary/aromatic N) is 2. The topological polar surface area (TPSA) is 67.2 Å². The molecule has 5 heteroatoms. The van der Waals surface area contributed by atoms with Crippen LogP contribution in [0.2, 0.25) is 0 Å². The van der Waals surface area contributed by atoms with Gasteiger partial charge >= 0.3 is 0 Å². The summed E-state index contributed by atoms with van der Waals surface area (Å²) >= 11 is 0. The predicted molar refractivity (Wildman–Crippen MR) is 71.6 cm³/mol. The minimum absolute atomic E-state index is 0.178. The van der Waals surface area contributed by atoms with E-state index < -0.39 is 5.54 Å². The summed E-state index contributed by atoms with van der Waals surface area (Å²) < 4.78 is 1.56. The van der Waals surface area contributed by atoms with E-state index in [1.54, 1.807) is 24.9 Å². The smallest absolute Gasteiger partial charge is 0.255 e. The number of hydrogen-bond donors (Lipinski definition) is 2. The Hall–Kier alpha value is -2.14. The molecule has 0 aliphatic rings. The van der Waals surface area contributed by atoms with E-state index in [0.29, 0.717) is 5.56 Å². The van der Waals surface area contributed by atoms with Gasteiger partial charge in [-0.2, -0.15) is 5.10 Å². The van der Waals surface area contributed by atoms with Crippen LogP contribution in [0, 0.1) is 0 Å². The summed E-state index contributed by atoms with van der Waals surface area (Å²) in [5, 5.41) is 16.4. The Kier molecular flexibility index (Phi) is 3.66. The molecule has 2 rings (SSSR count). The van der Waals surface area contributed by atoms with Crippen molar-refractivity contribution >= 4 is 5.91 Å². The number of carbonyl (C=O) groups excluding carboxylic acids is 1. The number of benzene rings is 1. The lowest BCUT2D eigenvalue weighted by Crippen LogP contribution is -2.46. The van der Waals surface area contributed by atoms with Gasteiger partial charge in [-0.3, -0.25) is 9.48 Å². The summed E-state index contributed by atoms with van der Waals surface area (Å²) in [5.74, 6) is -0.256. The molecule has 100 valence electrons. The van der Waals surface area contributed by atoms with Gasteiger partial charge in [0.15, 0.2) is 0 Å². The van der Waals surface area contributed by atoms with Crippen molar-refractivity contribution < 1.29 is 9.90 Å². The summed E-state index contributed by atoms with van der Waals surface area (Å²) in [6.07, 6.45) is 3.14. The lowest BCUT2D eigenvalue weighted by molar-refractivity contribution is 0.0849. The van der Waals surface area contributed by atoms with Crippen LogP contribution in [0.4, 0.5) is 0 Å². The fourth-order valence-electron chi connectivity index (χ4n) is 1.87. The Bertz CT molecular complexity index is 565. The van der Waals surface area contributed by atoms with Crippen molar-refractivity contribution in [3.05, 3.63) is 53.9 Å². The molecule has 2 aromatic rings. The minimum Gasteiger partial charge on any atom is -0.394 e. The van der Waals surface area contributed by atoms with Crippen LogP contribution in [0.3, 0.4) is 0 Å². The second-order valence-electron chi connectivity index (χ2n) is 4.71. The molecule has 0 radical (unpaired) electrons. The lowest BCUT2D eigenvalue weighted by Gasteiger charge is -2.29. The first-order valence-electron chi connectivity index (χ1n) is 6.03. The molecule has 1 aromatic heterocycles. The summed E-state index contributed by atoms with van der Waals surface area (Å²) in [5.41, 5.74) is 0.515. The molecule has 1 atom stereocenters. The van der Waals surface area contributed by atoms with Crippen molar-refractivity contribution in [1.29, 1.82) is 0 Å². The predicted octanol–water partition coefficient (Wildman–Crippen LogP) is 1.06. The Morgan fingerprint density at radius 2 is 2.11 bits per heavy atom. The van der Waals surface area contributed by atoms with Gasteiger partial charge in [0.2, 0.25) is 0 Å². The molecule has 1 unspecified atom stereocenters. The highest BCUT2D eigenvalue weighted by Crippen LogP contribution is 2.20. The van der Waals surface area contributed by atoms with Crippen LogP contribution in [-0.4, -0.2) is 27.4 Å². The van der Waals surface area contributed by atoms with Crippen molar-refractivity contribution in [3.8, 4) is 0 Å². The largest absolute Gasteiger partial charge is 0.394 e. The highest BCUT2D eigenvalue weighted by atomic mass is 16.3. The quantitative estimate of drug-likeness (QED) is 0.862. The number of amides is 1. The standard InChI is InChI=1S/C14H17N3O2/c1-14(10-18,12-6-4-3-5-7-12)16-13(19)11-8-15-17(2)9-11/h3-9,18H,10H2,1-2H3,(H,16,19). The second kappa shape index (κ2) is 5.24. The molecule has 1 heterocycles. The van der Waals surface area contributed by atoms with Gasteiger partial charge in [0.1, 0.15) is 0 Å². The van der Waals surface area contributed by atoms with Crippen molar-refractivity contribution in [2.45, 2.75) is 12.5 Å². The van der Waals surface area contributed by atoms with Crippen LogP contribution in [-0.2, 0) is 12.6 Å². The zero-order valence-corrected chi connectivity index (χ0v) is 11.0. The Labute approximate surface area is 111 Å². The second-order valence-corrected chi connectivity index (χ2v) is 4.71. The molecule has 0 bridgehead atoms. The maximum atomic E-state index is 12.1. The zero-order chi connectivity index (χ0) is 13.9. The molecule has 0 fully saturated rings. The summed E-state index contributed by atoms with van der Waals surface area (Å²) in [6.45, 7) is 1.61. The number of nitrogens with one attached hydrogen (secondary N) is 1. The van der Waals surface area contributed by atoms with Crippen molar-refractivity contribution in [2.75, 3.05) is 6.61 Å². The first-order chi connectivity index (χ1) is 9.05. The van der Waals surface area contributed by atoms with Gasteiger partial charge in [-0.25, -0.2) is 0 Å². The van der Waals surface area contributed by atoms with Gasteiger partial charge in [-0.1, -0.05) is 30.3 Å². The molecule has 1 amide bonds. The molecular weight excluding hydrogens is 242 g/mol. The fraction of sp³-hybridized carbons (Fsp3) is 0.286. The van der Waals surface area contributed by atoms with Crippen LogP contribution in [0.15, 0.2) is 42.7 Å². The molecule has 0 aliphatic heterocycles. The van der Waals surface area contributed by atoms with E-state index in [1.165, 1.54) is 6.20 Å². The monoisotopic (exact) mass is 259 g/mol. The summed E-state index contributed by atoms with van der Waals surface area (Å²) in [4.78, 5) is 12.1. The van der Waals surface area contributed by atoms with Crippen molar-refractivity contribution in [2.24, 2.45) is 7.05 Å². The summed E-state index contributed by atoms with van der Waals surface area (Å²) in [7, 11) is 1.75. The average Bonchev–Trinajstić information content (AvgIpc) is 2.86. The van der Waals surface area contributed by atoms with Crippen LogP contribution >= 0.6 is 0 Å². The van der Waals surface area contributed by atoms with E-state index in [4.69, 9.17) is 0 Å². The number of hydrogen-bond acceptors (Lipinski definition) is 3. The van der Waals surface area contributed by atoms with Crippen LogP contribution in [0.5, 0.6) is 0 Å². The number of rotatable bonds is 4. The first-order valence-corrected chi connectivity index (χ1v) is 6.03. The zero-order valence-electron chi connectivity index (χ0n) is 11.0. The third-order valence-electron chi connectivity index (χ3n) is 3.08. The first kappa shape index (κ1) is 13.3. The van der Waals surface area contributed by atoms with Crippen LogP contribution in [0.25, 0.3) is 0 Å². The van der Waals surface area contributed by atoms with Crippen molar-refractivity contribution in [3.63, 3.8) is 0 Å². The average molecular weight is 259 g/mol. The molecule has 0 aliphatic carbocycles. The molecule has 2 N–H and O–H groups in total. The molecule has 5 nitrogen and oxygen atoms in total. The van der Waals surface area contributed by atoms with E-state index in [0.717, 1.165) is 5.56 Å². The third-order valence-corrected chi connectivity index (χ3v) is 3.08. The van der Waals surface area contributed by atoms with E-state index in [1.807, 2.05) is 30.3 Å². The third kappa shape index (κ3) is 2.82. The van der Waals surface area contributed by atoms with Crippen LogP contribution in [0.1, 0.15) is 22.8 Å². The van der Waals surface area contributed by atoms with E-state index in [9.17, 15) is 9.90 Å². The number of aryl methyl sites for hydroxylation is 1. The Balaban J connectivity index is 2.22. The van der Waals surface area contributed by atoms with Crippen LogP contribution < -0.4 is 5.32 Å². The molecule has 1 aromatic carbocycles. The number of aliphatic hydroxyl groups is 1. The lowest BCUT2D eigenvalue weighted by atomic mass is 9.92. The maximum Gasteiger partial charge on any atom is 0.255 e. The molecule has 0 spiro atoms. The number of aromatic nitrogens is 2.